The van der Waals surface area contributed by atoms with E-state index >= 15 is 0 Å². The van der Waals surface area contributed by atoms with Crippen LogP contribution in [0.25, 0.3) is 0 Å². The van der Waals surface area contributed by atoms with E-state index in [0.29, 0.717) is 12.1 Å². The molecule has 4 heteroatoms. The first-order valence-electron chi connectivity index (χ1n) is 7.05. The van der Waals surface area contributed by atoms with Crippen molar-refractivity contribution in [3.63, 3.8) is 0 Å². The number of aryl methyl sites for hydroxylation is 1. The van der Waals surface area contributed by atoms with Crippen LogP contribution in [0.2, 0.25) is 0 Å². The molecular formula is C15H24N2S2. The molecular weight excluding hydrogens is 272 g/mol. The average molecular weight is 297 g/mol. The maximum atomic E-state index is 4.79. The Morgan fingerprint density at radius 1 is 1.37 bits per heavy atom. The summed E-state index contributed by atoms with van der Waals surface area (Å²) in [6.07, 6.45) is 2.30. The lowest BCUT2D eigenvalue weighted by molar-refractivity contribution is 0.528. The quantitative estimate of drug-likeness (QED) is 0.885. The van der Waals surface area contributed by atoms with Gasteiger partial charge in [-0.3, -0.25) is 4.99 Å². The number of aliphatic imine (C=N–C) groups is 1. The summed E-state index contributed by atoms with van der Waals surface area (Å²) in [6, 6.07) is 5.42. The number of thioether (sulfide) groups is 1. The Morgan fingerprint density at radius 3 is 2.79 bits per heavy atom. The van der Waals surface area contributed by atoms with Gasteiger partial charge in [0.2, 0.25) is 0 Å². The molecule has 2 atom stereocenters. The zero-order valence-corrected chi connectivity index (χ0v) is 13.9. The Bertz CT molecular complexity index is 437. The van der Waals surface area contributed by atoms with Crippen LogP contribution in [0.15, 0.2) is 17.1 Å². The molecule has 0 aliphatic carbocycles. The van der Waals surface area contributed by atoms with Gasteiger partial charge in [-0.2, -0.15) is 0 Å². The van der Waals surface area contributed by atoms with Gasteiger partial charge in [0.1, 0.15) is 0 Å². The lowest BCUT2D eigenvalue weighted by Crippen LogP contribution is -2.31. The minimum absolute atomic E-state index is 0.460. The highest BCUT2D eigenvalue weighted by Gasteiger charge is 2.20. The molecule has 0 aromatic carbocycles. The summed E-state index contributed by atoms with van der Waals surface area (Å²) in [6.45, 7) is 8.95. The Kier molecular flexibility index (Phi) is 5.34. The summed E-state index contributed by atoms with van der Waals surface area (Å²) in [5.74, 6) is 1.88. The lowest BCUT2D eigenvalue weighted by Gasteiger charge is -2.13. The van der Waals surface area contributed by atoms with Crippen LogP contribution in [0.3, 0.4) is 0 Å². The summed E-state index contributed by atoms with van der Waals surface area (Å²) in [5, 5.41) is 4.70. The van der Waals surface area contributed by atoms with E-state index in [-0.39, 0.29) is 0 Å². The van der Waals surface area contributed by atoms with Gasteiger partial charge >= 0.3 is 0 Å². The second-order valence-electron chi connectivity index (χ2n) is 5.79. The van der Waals surface area contributed by atoms with Gasteiger partial charge in [0.15, 0.2) is 5.17 Å². The highest BCUT2D eigenvalue weighted by Crippen LogP contribution is 2.23. The van der Waals surface area contributed by atoms with E-state index in [1.54, 1.807) is 0 Å². The number of thiophene rings is 1. The fourth-order valence-corrected chi connectivity index (χ4v) is 4.41. The van der Waals surface area contributed by atoms with Gasteiger partial charge in [-0.15, -0.1) is 11.3 Å². The molecule has 0 spiro atoms. The van der Waals surface area contributed by atoms with Crippen LogP contribution in [0.5, 0.6) is 0 Å². The monoisotopic (exact) mass is 296 g/mol. The van der Waals surface area contributed by atoms with Crippen LogP contribution >= 0.6 is 23.1 Å². The Balaban J connectivity index is 1.81. The molecule has 19 heavy (non-hydrogen) atoms. The number of hydrogen-bond donors (Lipinski definition) is 1. The number of nitrogens with zero attached hydrogens (tertiary/aromatic N) is 1. The molecule has 1 aromatic rings. The van der Waals surface area contributed by atoms with Crippen molar-refractivity contribution in [2.24, 2.45) is 10.9 Å². The molecule has 2 nitrogen and oxygen atoms in total. The first kappa shape index (κ1) is 14.9. The van der Waals surface area contributed by atoms with Crippen molar-refractivity contribution >= 4 is 28.3 Å². The minimum Gasteiger partial charge on any atom is -0.362 e. The molecule has 1 N–H and O–H groups in total. The largest absolute Gasteiger partial charge is 0.362 e. The third-order valence-corrected chi connectivity index (χ3v) is 5.20. The number of amidine groups is 1. The van der Waals surface area contributed by atoms with Crippen molar-refractivity contribution in [2.45, 2.75) is 52.6 Å². The summed E-state index contributed by atoms with van der Waals surface area (Å²) in [5.41, 5.74) is 0. The molecule has 0 saturated heterocycles. The number of hydrogen-bond acceptors (Lipinski definition) is 4. The molecule has 2 unspecified atom stereocenters. The van der Waals surface area contributed by atoms with E-state index < -0.39 is 0 Å². The summed E-state index contributed by atoms with van der Waals surface area (Å²) < 4.78 is 0. The molecule has 2 heterocycles. The standard InChI is InChI=1S/C15H24N2S2/c1-10(2)7-13-9-18-15(17-13)16-11(3)8-14-6-5-12(4)19-14/h5-6,10-11,13H,7-9H2,1-4H3,(H,16,17). The third kappa shape index (κ3) is 4.84. The van der Waals surface area contributed by atoms with Crippen molar-refractivity contribution < 1.29 is 0 Å². The molecule has 0 amide bonds. The van der Waals surface area contributed by atoms with Gasteiger partial charge < -0.3 is 5.32 Å². The maximum absolute atomic E-state index is 4.79. The smallest absolute Gasteiger partial charge is 0.157 e. The van der Waals surface area contributed by atoms with Crippen molar-refractivity contribution in [2.75, 3.05) is 5.75 Å². The minimum atomic E-state index is 0.460. The summed E-state index contributed by atoms with van der Waals surface area (Å²) >= 11 is 3.78. The van der Waals surface area contributed by atoms with Gasteiger partial charge in [-0.1, -0.05) is 25.6 Å². The van der Waals surface area contributed by atoms with Gasteiger partial charge in [0.05, 0.1) is 6.04 Å². The molecule has 0 radical (unpaired) electrons. The molecule has 0 fully saturated rings. The number of rotatable bonds is 5. The SMILES string of the molecule is Cc1ccc(CC(C)NC2=NC(CC(C)C)CS2)s1. The predicted octanol–water partition coefficient (Wildman–Crippen LogP) is 4.09. The van der Waals surface area contributed by atoms with E-state index in [0.717, 1.165) is 23.3 Å². The van der Waals surface area contributed by atoms with Crippen LogP contribution < -0.4 is 5.32 Å². The average Bonchev–Trinajstić information content (AvgIpc) is 2.88. The van der Waals surface area contributed by atoms with E-state index in [1.807, 2.05) is 23.1 Å². The summed E-state index contributed by atoms with van der Waals surface area (Å²) in [4.78, 5) is 7.64. The molecule has 1 aliphatic rings. The first-order valence-corrected chi connectivity index (χ1v) is 8.85. The van der Waals surface area contributed by atoms with Crippen LogP contribution in [-0.4, -0.2) is 23.0 Å². The zero-order valence-electron chi connectivity index (χ0n) is 12.3. The van der Waals surface area contributed by atoms with Crippen LogP contribution in [0.4, 0.5) is 0 Å². The van der Waals surface area contributed by atoms with Gasteiger partial charge in [-0.05, 0) is 38.3 Å². The van der Waals surface area contributed by atoms with Crippen molar-refractivity contribution in [3.05, 3.63) is 21.9 Å². The van der Waals surface area contributed by atoms with Gasteiger partial charge in [0.25, 0.3) is 0 Å². The van der Waals surface area contributed by atoms with Crippen LogP contribution in [-0.2, 0) is 6.42 Å². The Morgan fingerprint density at radius 2 is 2.16 bits per heavy atom. The van der Waals surface area contributed by atoms with Crippen LogP contribution in [0, 0.1) is 12.8 Å². The van der Waals surface area contributed by atoms with E-state index in [1.165, 1.54) is 16.2 Å². The second-order valence-corrected chi connectivity index (χ2v) is 8.17. The van der Waals surface area contributed by atoms with E-state index in [4.69, 9.17) is 4.99 Å². The van der Waals surface area contributed by atoms with Gasteiger partial charge in [-0.25, -0.2) is 0 Å². The molecule has 0 saturated carbocycles. The van der Waals surface area contributed by atoms with Crippen molar-refractivity contribution in [1.29, 1.82) is 0 Å². The highest BCUT2D eigenvalue weighted by molar-refractivity contribution is 8.14. The maximum Gasteiger partial charge on any atom is 0.157 e. The molecule has 1 aromatic heterocycles. The highest BCUT2D eigenvalue weighted by atomic mass is 32.2. The van der Waals surface area contributed by atoms with Crippen LogP contribution in [0.1, 0.15) is 36.9 Å². The fraction of sp³-hybridized carbons (Fsp3) is 0.667. The number of nitrogens with one attached hydrogen (secondary N) is 1. The van der Waals surface area contributed by atoms with E-state index in [2.05, 4.69) is 45.1 Å². The predicted molar refractivity (Wildman–Crippen MR) is 88.5 cm³/mol. The first-order chi connectivity index (χ1) is 9.02. The molecule has 1 aliphatic heterocycles. The van der Waals surface area contributed by atoms with Crippen molar-refractivity contribution in [3.8, 4) is 0 Å². The topological polar surface area (TPSA) is 24.4 Å². The summed E-state index contributed by atoms with van der Waals surface area (Å²) in [7, 11) is 0. The zero-order chi connectivity index (χ0) is 13.8. The van der Waals surface area contributed by atoms with Crippen molar-refractivity contribution in [1.82, 2.24) is 5.32 Å². The second kappa shape index (κ2) is 6.80. The Hall–Kier alpha value is -0.480. The molecule has 106 valence electrons. The Labute approximate surface area is 125 Å². The lowest BCUT2D eigenvalue weighted by atomic mass is 10.1. The van der Waals surface area contributed by atoms with Gasteiger partial charge in [0, 0.05) is 28.0 Å². The molecule has 0 bridgehead atoms. The molecule has 2 rings (SSSR count). The third-order valence-electron chi connectivity index (χ3n) is 3.13. The fourth-order valence-electron chi connectivity index (χ4n) is 2.32. The van der Waals surface area contributed by atoms with E-state index in [9.17, 15) is 0 Å². The normalized spacial score (nSPS) is 20.7.